The van der Waals surface area contributed by atoms with E-state index in [-0.39, 0.29) is 20.5 Å². The van der Waals surface area contributed by atoms with Crippen molar-refractivity contribution in [1.29, 1.82) is 0 Å². The fraction of sp³-hybridized carbons (Fsp3) is 0.0714. The number of benzene rings is 2. The van der Waals surface area contributed by atoms with Crippen LogP contribution in [-0.2, 0) is 9.84 Å². The Hall–Kier alpha value is -1.07. The largest absolute Gasteiger partial charge is 0.293 e. The zero-order valence-electron chi connectivity index (χ0n) is 10.5. The molecule has 0 radical (unpaired) electrons. The summed E-state index contributed by atoms with van der Waals surface area (Å²) in [6, 6.07) is 10.2. The summed E-state index contributed by atoms with van der Waals surface area (Å²) in [5, 5.41) is 0.616. The molecule has 0 aliphatic rings. The molecule has 0 heterocycles. The van der Waals surface area contributed by atoms with Crippen LogP contribution in [0, 0.1) is 0 Å². The van der Waals surface area contributed by atoms with Crippen molar-refractivity contribution in [2.24, 2.45) is 0 Å². The Morgan fingerprint density at radius 2 is 1.62 bits per heavy atom. The summed E-state index contributed by atoms with van der Waals surface area (Å²) in [6.07, 6.45) is 0. The Morgan fingerprint density at radius 3 is 2.29 bits per heavy atom. The number of carbonyl (C=O) groups excluding carboxylic acids is 1. The Balaban J connectivity index is 2.33. The molecule has 0 saturated carbocycles. The summed E-state index contributed by atoms with van der Waals surface area (Å²) in [7, 11) is -3.88. The Morgan fingerprint density at radius 1 is 0.952 bits per heavy atom. The Labute approximate surface area is 137 Å². The van der Waals surface area contributed by atoms with Gasteiger partial charge in [-0.2, -0.15) is 0 Å². The standard InChI is InChI=1S/C14H9Cl3O3S/c15-10-3-1-2-9(6-10)13(18)8-21(19,20)14-7-11(16)4-5-12(14)17/h1-7H,8H2. The van der Waals surface area contributed by atoms with Gasteiger partial charge in [0.2, 0.25) is 0 Å². The Bertz CT molecular complexity index is 801. The first-order chi connectivity index (χ1) is 9.79. The van der Waals surface area contributed by atoms with Gasteiger partial charge in [0.25, 0.3) is 0 Å². The van der Waals surface area contributed by atoms with Crippen molar-refractivity contribution in [3.8, 4) is 0 Å². The maximum absolute atomic E-state index is 12.3. The van der Waals surface area contributed by atoms with E-state index in [2.05, 4.69) is 0 Å². The van der Waals surface area contributed by atoms with Crippen LogP contribution in [0.2, 0.25) is 15.1 Å². The van der Waals surface area contributed by atoms with Crippen LogP contribution in [0.3, 0.4) is 0 Å². The average molecular weight is 364 g/mol. The number of Topliss-reactive ketones (excluding diaryl/α,β-unsaturated/α-hetero) is 1. The molecule has 3 nitrogen and oxygen atoms in total. The number of carbonyl (C=O) groups is 1. The van der Waals surface area contributed by atoms with E-state index in [1.807, 2.05) is 0 Å². The number of ketones is 1. The third kappa shape index (κ3) is 3.98. The first kappa shape index (κ1) is 16.3. The number of hydrogen-bond acceptors (Lipinski definition) is 3. The molecule has 7 heteroatoms. The van der Waals surface area contributed by atoms with E-state index in [1.165, 1.54) is 30.3 Å². The molecular formula is C14H9Cl3O3S. The van der Waals surface area contributed by atoms with Crippen molar-refractivity contribution >= 4 is 50.4 Å². The summed E-state index contributed by atoms with van der Waals surface area (Å²) >= 11 is 17.4. The van der Waals surface area contributed by atoms with Gasteiger partial charge in [-0.25, -0.2) is 8.42 Å². The predicted molar refractivity (Wildman–Crippen MR) is 84.3 cm³/mol. The molecule has 0 saturated heterocycles. The molecule has 0 spiro atoms. The molecule has 0 aromatic heterocycles. The predicted octanol–water partition coefficient (Wildman–Crippen LogP) is 4.30. The van der Waals surface area contributed by atoms with Gasteiger partial charge in [-0.15, -0.1) is 0 Å². The van der Waals surface area contributed by atoms with Crippen LogP contribution < -0.4 is 0 Å². The second kappa shape index (κ2) is 6.36. The SMILES string of the molecule is O=C(CS(=O)(=O)c1cc(Cl)ccc1Cl)c1cccc(Cl)c1. The maximum atomic E-state index is 12.3. The highest BCUT2D eigenvalue weighted by atomic mass is 35.5. The van der Waals surface area contributed by atoms with E-state index in [9.17, 15) is 13.2 Å². The van der Waals surface area contributed by atoms with Gasteiger partial charge in [-0.1, -0.05) is 46.9 Å². The Kier molecular flexibility index (Phi) is 4.94. The van der Waals surface area contributed by atoms with Crippen LogP contribution in [0.4, 0.5) is 0 Å². The molecule has 21 heavy (non-hydrogen) atoms. The summed E-state index contributed by atoms with van der Waals surface area (Å²) in [6.45, 7) is 0. The molecule has 0 unspecified atom stereocenters. The van der Waals surface area contributed by atoms with Crippen molar-refractivity contribution in [2.45, 2.75) is 4.90 Å². The highest BCUT2D eigenvalue weighted by molar-refractivity contribution is 7.92. The minimum atomic E-state index is -3.88. The van der Waals surface area contributed by atoms with E-state index in [1.54, 1.807) is 12.1 Å². The molecule has 0 aliphatic heterocycles. The van der Waals surface area contributed by atoms with Crippen LogP contribution in [-0.4, -0.2) is 20.0 Å². The van der Waals surface area contributed by atoms with Crippen LogP contribution in [0.15, 0.2) is 47.4 Å². The maximum Gasteiger partial charge on any atom is 0.187 e. The zero-order valence-corrected chi connectivity index (χ0v) is 13.6. The number of sulfone groups is 1. The molecular weight excluding hydrogens is 355 g/mol. The highest BCUT2D eigenvalue weighted by Gasteiger charge is 2.23. The molecule has 0 amide bonds. The molecule has 0 fully saturated rings. The quantitative estimate of drug-likeness (QED) is 0.761. The van der Waals surface area contributed by atoms with Crippen molar-refractivity contribution in [3.63, 3.8) is 0 Å². The van der Waals surface area contributed by atoms with Crippen molar-refractivity contribution in [2.75, 3.05) is 5.75 Å². The monoisotopic (exact) mass is 362 g/mol. The second-order valence-corrected chi connectivity index (χ2v) is 7.51. The lowest BCUT2D eigenvalue weighted by atomic mass is 10.1. The van der Waals surface area contributed by atoms with Gasteiger partial charge < -0.3 is 0 Å². The molecule has 0 aliphatic carbocycles. The minimum Gasteiger partial charge on any atom is -0.293 e. The van der Waals surface area contributed by atoms with E-state index in [0.717, 1.165) is 0 Å². The van der Waals surface area contributed by atoms with Crippen LogP contribution in [0.5, 0.6) is 0 Å². The van der Waals surface area contributed by atoms with Crippen molar-refractivity contribution in [1.82, 2.24) is 0 Å². The lowest BCUT2D eigenvalue weighted by Gasteiger charge is -2.07. The summed E-state index contributed by atoms with van der Waals surface area (Å²) < 4.78 is 24.6. The first-order valence-electron chi connectivity index (χ1n) is 5.76. The summed E-state index contributed by atoms with van der Waals surface area (Å²) in [4.78, 5) is 11.9. The van der Waals surface area contributed by atoms with E-state index in [0.29, 0.717) is 5.02 Å². The van der Waals surface area contributed by atoms with Gasteiger partial charge in [-0.05, 0) is 30.3 Å². The molecule has 110 valence electrons. The van der Waals surface area contributed by atoms with E-state index < -0.39 is 21.4 Å². The van der Waals surface area contributed by atoms with Gasteiger partial charge in [0.05, 0.1) is 9.92 Å². The van der Waals surface area contributed by atoms with Crippen LogP contribution >= 0.6 is 34.8 Å². The summed E-state index contributed by atoms with van der Waals surface area (Å²) in [5.41, 5.74) is 0.226. The van der Waals surface area contributed by atoms with Gasteiger partial charge in [-0.3, -0.25) is 4.79 Å². The molecule has 2 aromatic carbocycles. The fourth-order valence-corrected chi connectivity index (χ4v) is 3.95. The third-order valence-corrected chi connectivity index (χ3v) is 5.26. The lowest BCUT2D eigenvalue weighted by Crippen LogP contribution is -2.16. The van der Waals surface area contributed by atoms with Crippen molar-refractivity contribution < 1.29 is 13.2 Å². The third-order valence-electron chi connectivity index (χ3n) is 2.70. The molecule has 2 aromatic rings. The normalized spacial score (nSPS) is 11.4. The molecule has 0 N–H and O–H groups in total. The fourth-order valence-electron chi connectivity index (χ4n) is 1.71. The minimum absolute atomic E-state index is 0.0262. The smallest absolute Gasteiger partial charge is 0.187 e. The van der Waals surface area contributed by atoms with Gasteiger partial charge in [0.15, 0.2) is 15.6 Å². The van der Waals surface area contributed by atoms with E-state index >= 15 is 0 Å². The number of rotatable bonds is 4. The number of hydrogen-bond donors (Lipinski definition) is 0. The molecule has 0 bridgehead atoms. The van der Waals surface area contributed by atoms with Crippen LogP contribution in [0.1, 0.15) is 10.4 Å². The number of halogens is 3. The highest BCUT2D eigenvalue weighted by Crippen LogP contribution is 2.26. The molecule has 0 atom stereocenters. The topological polar surface area (TPSA) is 51.2 Å². The summed E-state index contributed by atoms with van der Waals surface area (Å²) in [5.74, 6) is -1.26. The van der Waals surface area contributed by atoms with Crippen LogP contribution in [0.25, 0.3) is 0 Å². The van der Waals surface area contributed by atoms with E-state index in [4.69, 9.17) is 34.8 Å². The lowest BCUT2D eigenvalue weighted by molar-refractivity contribution is 0.102. The second-order valence-electron chi connectivity index (χ2n) is 4.27. The van der Waals surface area contributed by atoms with Gasteiger partial charge in [0, 0.05) is 15.6 Å². The average Bonchev–Trinajstić information content (AvgIpc) is 2.41. The van der Waals surface area contributed by atoms with Gasteiger partial charge >= 0.3 is 0 Å². The first-order valence-corrected chi connectivity index (χ1v) is 8.55. The molecule has 2 rings (SSSR count). The zero-order chi connectivity index (χ0) is 15.6. The van der Waals surface area contributed by atoms with Gasteiger partial charge in [0.1, 0.15) is 5.75 Å². The van der Waals surface area contributed by atoms with Crippen molar-refractivity contribution in [3.05, 3.63) is 63.1 Å².